The van der Waals surface area contributed by atoms with Crippen molar-refractivity contribution < 1.29 is 13.2 Å². The average molecular weight is 384 g/mol. The maximum absolute atomic E-state index is 13.3. The molecule has 0 amide bonds. The molecule has 2 heterocycles. The molecular weight excluding hydrogens is 350 g/mol. The summed E-state index contributed by atoms with van der Waals surface area (Å²) in [7, 11) is -3.52. The van der Waals surface area contributed by atoms with Gasteiger partial charge in [-0.2, -0.15) is 9.40 Å². The highest BCUT2D eigenvalue weighted by Gasteiger charge is 2.35. The van der Waals surface area contributed by atoms with Crippen LogP contribution in [0.4, 0.5) is 0 Å². The maximum Gasteiger partial charge on any atom is 0.246 e. The molecule has 1 aromatic rings. The summed E-state index contributed by atoms with van der Waals surface area (Å²) in [6.45, 7) is 10.8. The van der Waals surface area contributed by atoms with Gasteiger partial charge in [-0.1, -0.05) is 12.8 Å². The molecule has 148 valence electrons. The van der Waals surface area contributed by atoms with Crippen LogP contribution in [0.15, 0.2) is 4.90 Å². The van der Waals surface area contributed by atoms with Crippen molar-refractivity contribution in [3.05, 3.63) is 11.4 Å². The van der Waals surface area contributed by atoms with Crippen LogP contribution in [0.1, 0.15) is 70.7 Å². The summed E-state index contributed by atoms with van der Waals surface area (Å²) in [5.41, 5.74) is 1.06. The van der Waals surface area contributed by atoms with E-state index in [0.717, 1.165) is 31.4 Å². The first-order chi connectivity index (χ1) is 12.1. The van der Waals surface area contributed by atoms with E-state index < -0.39 is 10.0 Å². The van der Waals surface area contributed by atoms with E-state index in [9.17, 15) is 8.42 Å². The van der Waals surface area contributed by atoms with Gasteiger partial charge in [0.25, 0.3) is 0 Å². The number of hydrogen-bond acceptors (Lipinski definition) is 4. The van der Waals surface area contributed by atoms with E-state index in [-0.39, 0.29) is 11.6 Å². The highest BCUT2D eigenvalue weighted by Crippen LogP contribution is 2.31. The standard InChI is InChI=1S/C19H33N3O3S/c1-14-18(15(2)22(20-14)19(3,4)5)26(23,24)21-12-10-17(11-13-21)25-16-8-6-7-9-16/h16-17H,6-13H2,1-5H3. The van der Waals surface area contributed by atoms with E-state index in [1.807, 2.05) is 32.4 Å². The zero-order valence-electron chi connectivity index (χ0n) is 16.8. The summed E-state index contributed by atoms with van der Waals surface area (Å²) in [5, 5.41) is 4.51. The lowest BCUT2D eigenvalue weighted by molar-refractivity contribution is -0.0302. The first-order valence-corrected chi connectivity index (χ1v) is 11.3. The molecule has 2 fully saturated rings. The summed E-state index contributed by atoms with van der Waals surface area (Å²) in [6.07, 6.45) is 6.97. The predicted molar refractivity (Wildman–Crippen MR) is 102 cm³/mol. The van der Waals surface area contributed by atoms with Crippen LogP contribution < -0.4 is 0 Å². The van der Waals surface area contributed by atoms with Crippen molar-refractivity contribution in [2.75, 3.05) is 13.1 Å². The monoisotopic (exact) mass is 383 g/mol. The largest absolute Gasteiger partial charge is 0.375 e. The van der Waals surface area contributed by atoms with Gasteiger partial charge in [-0.3, -0.25) is 4.68 Å². The topological polar surface area (TPSA) is 64.4 Å². The minimum absolute atomic E-state index is 0.198. The minimum atomic E-state index is -3.52. The van der Waals surface area contributed by atoms with Gasteiger partial charge >= 0.3 is 0 Å². The van der Waals surface area contributed by atoms with Gasteiger partial charge in [0.05, 0.1) is 29.1 Å². The van der Waals surface area contributed by atoms with Gasteiger partial charge in [-0.05, 0) is 60.3 Å². The molecule has 1 saturated carbocycles. The first kappa shape index (κ1) is 19.8. The van der Waals surface area contributed by atoms with Crippen LogP contribution in [-0.4, -0.2) is 47.8 Å². The van der Waals surface area contributed by atoms with Crippen molar-refractivity contribution in [3.8, 4) is 0 Å². The fraction of sp³-hybridized carbons (Fsp3) is 0.842. The number of hydrogen-bond donors (Lipinski definition) is 0. The van der Waals surface area contributed by atoms with Crippen LogP contribution in [0.2, 0.25) is 0 Å². The molecule has 1 aliphatic heterocycles. The van der Waals surface area contributed by atoms with E-state index in [0.29, 0.717) is 29.8 Å². The van der Waals surface area contributed by atoms with Crippen LogP contribution in [0.3, 0.4) is 0 Å². The summed E-state index contributed by atoms with van der Waals surface area (Å²) >= 11 is 0. The molecule has 0 bridgehead atoms. The molecule has 2 aliphatic rings. The molecule has 0 atom stereocenters. The summed E-state index contributed by atoms with van der Waals surface area (Å²) in [4.78, 5) is 0.377. The highest BCUT2D eigenvalue weighted by atomic mass is 32.2. The van der Waals surface area contributed by atoms with Crippen LogP contribution in [0.5, 0.6) is 0 Å². The van der Waals surface area contributed by atoms with Crippen molar-refractivity contribution in [1.82, 2.24) is 14.1 Å². The van der Waals surface area contributed by atoms with Crippen LogP contribution >= 0.6 is 0 Å². The highest BCUT2D eigenvalue weighted by molar-refractivity contribution is 7.89. The Kier molecular flexibility index (Phi) is 5.53. The van der Waals surface area contributed by atoms with Gasteiger partial charge in [0.2, 0.25) is 10.0 Å². The summed E-state index contributed by atoms with van der Waals surface area (Å²) in [6, 6.07) is 0. The lowest BCUT2D eigenvalue weighted by Crippen LogP contribution is -2.42. The van der Waals surface area contributed by atoms with E-state index in [2.05, 4.69) is 5.10 Å². The molecular formula is C19H33N3O3S. The summed E-state index contributed by atoms with van der Waals surface area (Å²) in [5.74, 6) is 0. The Balaban J connectivity index is 1.73. The Morgan fingerprint density at radius 3 is 2.04 bits per heavy atom. The van der Waals surface area contributed by atoms with Gasteiger partial charge in [-0.15, -0.1) is 0 Å². The van der Waals surface area contributed by atoms with Crippen molar-refractivity contribution >= 4 is 10.0 Å². The lowest BCUT2D eigenvalue weighted by Gasteiger charge is -2.32. The fourth-order valence-electron chi connectivity index (χ4n) is 4.29. The van der Waals surface area contributed by atoms with Crippen molar-refractivity contribution in [2.45, 2.75) is 95.8 Å². The lowest BCUT2D eigenvalue weighted by atomic mass is 10.1. The molecule has 0 spiro atoms. The van der Waals surface area contributed by atoms with Gasteiger partial charge in [0.1, 0.15) is 4.90 Å². The number of sulfonamides is 1. The molecule has 0 N–H and O–H groups in total. The fourth-order valence-corrected chi connectivity index (χ4v) is 6.11. The Bertz CT molecular complexity index is 735. The van der Waals surface area contributed by atoms with E-state index >= 15 is 0 Å². The van der Waals surface area contributed by atoms with Crippen LogP contribution in [0, 0.1) is 13.8 Å². The Labute approximate surface area is 158 Å². The second-order valence-corrected chi connectivity index (χ2v) is 10.6. The quantitative estimate of drug-likeness (QED) is 0.800. The molecule has 0 radical (unpaired) electrons. The molecule has 7 heteroatoms. The van der Waals surface area contributed by atoms with Gasteiger partial charge in [0, 0.05) is 13.1 Å². The number of piperidine rings is 1. The Hall–Kier alpha value is -0.920. The number of aryl methyl sites for hydroxylation is 1. The van der Waals surface area contributed by atoms with Gasteiger partial charge in [0.15, 0.2) is 0 Å². The van der Waals surface area contributed by atoms with Crippen LogP contribution in [0.25, 0.3) is 0 Å². The van der Waals surface area contributed by atoms with Gasteiger partial charge < -0.3 is 4.74 Å². The summed E-state index contributed by atoms with van der Waals surface area (Å²) < 4.78 is 36.1. The number of nitrogens with zero attached hydrogens (tertiary/aromatic N) is 3. The SMILES string of the molecule is Cc1nn(C(C)(C)C)c(C)c1S(=O)(=O)N1CCC(OC2CCCC2)CC1. The second-order valence-electron chi connectivity index (χ2n) is 8.73. The van der Waals surface area contributed by atoms with E-state index in [4.69, 9.17) is 4.74 Å². The third kappa shape index (κ3) is 3.85. The second kappa shape index (κ2) is 7.24. The maximum atomic E-state index is 13.3. The zero-order valence-corrected chi connectivity index (χ0v) is 17.6. The molecule has 6 nitrogen and oxygen atoms in total. The van der Waals surface area contributed by atoms with E-state index in [1.165, 1.54) is 12.8 Å². The third-order valence-electron chi connectivity index (χ3n) is 5.55. The molecule has 0 aromatic carbocycles. The first-order valence-electron chi connectivity index (χ1n) is 9.83. The molecule has 26 heavy (non-hydrogen) atoms. The predicted octanol–water partition coefficient (Wildman–Crippen LogP) is 3.37. The molecule has 0 unspecified atom stereocenters. The van der Waals surface area contributed by atoms with E-state index in [1.54, 1.807) is 11.2 Å². The number of aromatic nitrogens is 2. The zero-order chi connectivity index (χ0) is 19.1. The van der Waals surface area contributed by atoms with Crippen molar-refractivity contribution in [3.63, 3.8) is 0 Å². The average Bonchev–Trinajstić information content (AvgIpc) is 3.15. The van der Waals surface area contributed by atoms with Crippen LogP contribution in [-0.2, 0) is 20.3 Å². The molecule has 1 aromatic heterocycles. The molecule has 1 aliphatic carbocycles. The smallest absolute Gasteiger partial charge is 0.246 e. The number of rotatable bonds is 4. The number of ether oxygens (including phenoxy) is 1. The Morgan fingerprint density at radius 1 is 1.00 bits per heavy atom. The molecule has 3 rings (SSSR count). The normalized spacial score (nSPS) is 21.6. The van der Waals surface area contributed by atoms with Crippen molar-refractivity contribution in [1.29, 1.82) is 0 Å². The molecule has 1 saturated heterocycles. The third-order valence-corrected chi connectivity index (χ3v) is 7.70. The van der Waals surface area contributed by atoms with Gasteiger partial charge in [-0.25, -0.2) is 8.42 Å². The Morgan fingerprint density at radius 2 is 1.54 bits per heavy atom. The van der Waals surface area contributed by atoms with Crippen molar-refractivity contribution in [2.24, 2.45) is 0 Å². The minimum Gasteiger partial charge on any atom is -0.375 e.